The highest BCUT2D eigenvalue weighted by atomic mass is 16.4. The fourth-order valence-electron chi connectivity index (χ4n) is 1.51. The van der Waals surface area contributed by atoms with Crippen LogP contribution in [0, 0.1) is 5.92 Å². The minimum atomic E-state index is -0.947. The van der Waals surface area contributed by atoms with E-state index in [0.717, 1.165) is 18.8 Å². The maximum absolute atomic E-state index is 10.2. The number of hydrogen-bond acceptors (Lipinski definition) is 3. The fourth-order valence-corrected chi connectivity index (χ4v) is 1.51. The van der Waals surface area contributed by atoms with Gasteiger partial charge in [0.25, 0.3) is 0 Å². The fraction of sp³-hybridized carbons (Fsp3) is 0.889. The molecule has 1 fully saturated rings. The van der Waals surface area contributed by atoms with Gasteiger partial charge in [0.1, 0.15) is 0 Å². The van der Waals surface area contributed by atoms with Gasteiger partial charge in [0, 0.05) is 12.6 Å². The van der Waals surface area contributed by atoms with Crippen LogP contribution in [0.3, 0.4) is 0 Å². The lowest BCUT2D eigenvalue weighted by molar-refractivity contribution is -0.139. The van der Waals surface area contributed by atoms with E-state index in [9.17, 15) is 9.90 Å². The Kier molecular flexibility index (Phi) is 3.69. The molecule has 3 atom stereocenters. The van der Waals surface area contributed by atoms with Crippen molar-refractivity contribution in [3.63, 3.8) is 0 Å². The lowest BCUT2D eigenvalue weighted by Gasteiger charge is -2.08. The van der Waals surface area contributed by atoms with Crippen LogP contribution in [0.2, 0.25) is 0 Å². The summed E-state index contributed by atoms with van der Waals surface area (Å²) in [7, 11) is 0. The van der Waals surface area contributed by atoms with Gasteiger partial charge in [-0.05, 0) is 12.3 Å². The molecule has 0 aromatic carbocycles. The highest BCUT2D eigenvalue weighted by molar-refractivity contribution is 5.67. The van der Waals surface area contributed by atoms with Crippen molar-refractivity contribution >= 4 is 5.97 Å². The molecule has 1 aliphatic carbocycles. The Morgan fingerprint density at radius 3 is 2.85 bits per heavy atom. The molecule has 13 heavy (non-hydrogen) atoms. The molecular weight excluding hydrogens is 170 g/mol. The molecule has 1 aliphatic rings. The van der Waals surface area contributed by atoms with Crippen molar-refractivity contribution in [3.8, 4) is 0 Å². The Morgan fingerprint density at radius 2 is 2.38 bits per heavy atom. The first-order valence-electron chi connectivity index (χ1n) is 4.76. The smallest absolute Gasteiger partial charge is 0.306 e. The summed E-state index contributed by atoms with van der Waals surface area (Å²) in [6.45, 7) is 2.54. The SMILES string of the molecule is CCC1CC1NCC(O)CC(=O)O. The van der Waals surface area contributed by atoms with Gasteiger partial charge in [-0.3, -0.25) is 4.79 Å². The average Bonchev–Trinajstić information content (AvgIpc) is 2.78. The summed E-state index contributed by atoms with van der Waals surface area (Å²) < 4.78 is 0. The molecule has 3 N–H and O–H groups in total. The highest BCUT2D eigenvalue weighted by Crippen LogP contribution is 2.32. The minimum Gasteiger partial charge on any atom is -0.481 e. The molecule has 4 heteroatoms. The highest BCUT2D eigenvalue weighted by Gasteiger charge is 2.34. The number of rotatable bonds is 6. The summed E-state index contributed by atoms with van der Waals surface area (Å²) >= 11 is 0. The van der Waals surface area contributed by atoms with E-state index in [4.69, 9.17) is 5.11 Å². The van der Waals surface area contributed by atoms with Crippen molar-refractivity contribution in [3.05, 3.63) is 0 Å². The van der Waals surface area contributed by atoms with Crippen molar-refractivity contribution in [2.24, 2.45) is 5.92 Å². The molecular formula is C9H17NO3. The van der Waals surface area contributed by atoms with Crippen LogP contribution in [0.15, 0.2) is 0 Å². The predicted octanol–water partition coefficient (Wildman–Crippen LogP) is 0.210. The summed E-state index contributed by atoms with van der Waals surface area (Å²) in [4.78, 5) is 10.2. The molecule has 1 saturated carbocycles. The first-order chi connectivity index (χ1) is 6.13. The van der Waals surface area contributed by atoms with E-state index < -0.39 is 12.1 Å². The summed E-state index contributed by atoms with van der Waals surface area (Å²) in [5.74, 6) is -0.214. The van der Waals surface area contributed by atoms with Crippen LogP contribution in [-0.2, 0) is 4.79 Å². The number of nitrogens with one attached hydrogen (secondary N) is 1. The van der Waals surface area contributed by atoms with Crippen molar-refractivity contribution in [1.29, 1.82) is 0 Å². The largest absolute Gasteiger partial charge is 0.481 e. The molecule has 0 heterocycles. The molecule has 0 spiro atoms. The second kappa shape index (κ2) is 4.58. The predicted molar refractivity (Wildman–Crippen MR) is 48.4 cm³/mol. The van der Waals surface area contributed by atoms with Crippen LogP contribution >= 0.6 is 0 Å². The average molecular weight is 187 g/mol. The molecule has 3 unspecified atom stereocenters. The quantitative estimate of drug-likeness (QED) is 0.556. The van der Waals surface area contributed by atoms with Crippen molar-refractivity contribution in [2.75, 3.05) is 6.54 Å². The third-order valence-corrected chi connectivity index (χ3v) is 2.47. The van der Waals surface area contributed by atoms with E-state index in [1.807, 2.05) is 0 Å². The van der Waals surface area contributed by atoms with Gasteiger partial charge in [-0.15, -0.1) is 0 Å². The standard InChI is InChI=1S/C9H17NO3/c1-2-6-3-8(6)10-5-7(11)4-9(12)13/h6-8,10-11H,2-5H2,1H3,(H,12,13). The zero-order valence-corrected chi connectivity index (χ0v) is 7.86. The normalized spacial score (nSPS) is 28.5. The van der Waals surface area contributed by atoms with Gasteiger partial charge in [-0.2, -0.15) is 0 Å². The monoisotopic (exact) mass is 187 g/mol. The van der Waals surface area contributed by atoms with Crippen molar-refractivity contribution < 1.29 is 15.0 Å². The van der Waals surface area contributed by atoms with Crippen LogP contribution in [0.5, 0.6) is 0 Å². The maximum atomic E-state index is 10.2. The first-order valence-corrected chi connectivity index (χ1v) is 4.76. The van der Waals surface area contributed by atoms with Crippen molar-refractivity contribution in [1.82, 2.24) is 5.32 Å². The summed E-state index contributed by atoms with van der Waals surface area (Å²) in [6, 6.07) is 0.508. The van der Waals surface area contributed by atoms with Gasteiger partial charge < -0.3 is 15.5 Å². The summed E-state index contributed by atoms with van der Waals surface area (Å²) in [5.41, 5.74) is 0. The molecule has 1 rings (SSSR count). The zero-order valence-electron chi connectivity index (χ0n) is 7.86. The number of aliphatic hydroxyl groups is 1. The second-order valence-corrected chi connectivity index (χ2v) is 3.67. The molecule has 0 aromatic heterocycles. The Balaban J connectivity index is 2.03. The third kappa shape index (κ3) is 3.74. The van der Waals surface area contributed by atoms with Crippen molar-refractivity contribution in [2.45, 2.75) is 38.3 Å². The van der Waals surface area contributed by atoms with E-state index >= 15 is 0 Å². The molecule has 0 bridgehead atoms. The molecule has 0 radical (unpaired) electrons. The lowest BCUT2D eigenvalue weighted by Crippen LogP contribution is -2.30. The maximum Gasteiger partial charge on any atom is 0.306 e. The number of aliphatic carboxylic acids is 1. The van der Waals surface area contributed by atoms with Gasteiger partial charge in [0.05, 0.1) is 12.5 Å². The number of aliphatic hydroxyl groups excluding tert-OH is 1. The van der Waals surface area contributed by atoms with Crippen LogP contribution in [0.1, 0.15) is 26.2 Å². The lowest BCUT2D eigenvalue weighted by atomic mass is 10.2. The van der Waals surface area contributed by atoms with E-state index in [1.54, 1.807) is 0 Å². The third-order valence-electron chi connectivity index (χ3n) is 2.47. The van der Waals surface area contributed by atoms with Gasteiger partial charge in [-0.1, -0.05) is 13.3 Å². The van der Waals surface area contributed by atoms with E-state index in [2.05, 4.69) is 12.2 Å². The molecule has 0 aliphatic heterocycles. The Morgan fingerprint density at radius 1 is 1.69 bits per heavy atom. The van der Waals surface area contributed by atoms with Crippen LogP contribution in [0.4, 0.5) is 0 Å². The van der Waals surface area contributed by atoms with Crippen LogP contribution < -0.4 is 5.32 Å². The summed E-state index contributed by atoms with van der Waals surface area (Å²) in [6.07, 6.45) is 1.40. The van der Waals surface area contributed by atoms with E-state index in [-0.39, 0.29) is 6.42 Å². The number of carbonyl (C=O) groups is 1. The van der Waals surface area contributed by atoms with E-state index in [1.165, 1.54) is 0 Å². The minimum absolute atomic E-state index is 0.170. The Labute approximate surface area is 78.0 Å². The van der Waals surface area contributed by atoms with Crippen LogP contribution in [0.25, 0.3) is 0 Å². The zero-order chi connectivity index (χ0) is 9.84. The molecule has 0 saturated heterocycles. The van der Waals surface area contributed by atoms with Gasteiger partial charge >= 0.3 is 5.97 Å². The molecule has 0 amide bonds. The van der Waals surface area contributed by atoms with E-state index in [0.29, 0.717) is 12.6 Å². The first kappa shape index (κ1) is 10.5. The number of carboxylic acids is 1. The second-order valence-electron chi connectivity index (χ2n) is 3.67. The molecule has 0 aromatic rings. The molecule has 76 valence electrons. The molecule has 4 nitrogen and oxygen atoms in total. The number of hydrogen-bond donors (Lipinski definition) is 3. The number of carboxylic acid groups (broad SMARTS) is 1. The van der Waals surface area contributed by atoms with Gasteiger partial charge in [0.2, 0.25) is 0 Å². The van der Waals surface area contributed by atoms with Gasteiger partial charge in [-0.25, -0.2) is 0 Å². The Bertz CT molecular complexity index is 184. The Hall–Kier alpha value is -0.610. The van der Waals surface area contributed by atoms with Gasteiger partial charge in [0.15, 0.2) is 0 Å². The van der Waals surface area contributed by atoms with Crippen LogP contribution in [-0.4, -0.2) is 34.9 Å². The summed E-state index contributed by atoms with van der Waals surface area (Å²) in [5, 5.41) is 20.7. The topological polar surface area (TPSA) is 69.6 Å².